The third-order valence-corrected chi connectivity index (χ3v) is 4.86. The number of hydrogen-bond acceptors (Lipinski definition) is 3. The first-order chi connectivity index (χ1) is 10.8. The van der Waals surface area contributed by atoms with Crippen molar-refractivity contribution in [3.8, 4) is 0 Å². The van der Waals surface area contributed by atoms with Crippen LogP contribution in [-0.4, -0.2) is 41.4 Å². The molecule has 0 saturated carbocycles. The Kier molecular flexibility index (Phi) is 3.47. The first kappa shape index (κ1) is 13.6. The summed E-state index contributed by atoms with van der Waals surface area (Å²) in [5.74, 6) is 0.467. The Labute approximate surface area is 130 Å². The van der Waals surface area contributed by atoms with E-state index < -0.39 is 0 Å². The molecular formula is C18H20N2O2. The molecule has 4 heteroatoms. The molecule has 114 valence electrons. The fourth-order valence-electron chi connectivity index (χ4n) is 3.61. The lowest BCUT2D eigenvalue weighted by Gasteiger charge is -2.33. The predicted octanol–water partition coefficient (Wildman–Crippen LogP) is 2.55. The number of benzene rings is 1. The van der Waals surface area contributed by atoms with Crippen LogP contribution < -0.4 is 0 Å². The van der Waals surface area contributed by atoms with Crippen LogP contribution in [0.25, 0.3) is 0 Å². The molecule has 4 rings (SSSR count). The van der Waals surface area contributed by atoms with Gasteiger partial charge in [-0.25, -0.2) is 0 Å². The lowest BCUT2D eigenvalue weighted by atomic mass is 9.98. The van der Waals surface area contributed by atoms with Gasteiger partial charge >= 0.3 is 0 Å². The fraction of sp³-hybridized carbons (Fsp3) is 0.389. The van der Waals surface area contributed by atoms with Crippen molar-refractivity contribution >= 4 is 5.91 Å². The van der Waals surface area contributed by atoms with Crippen molar-refractivity contribution < 1.29 is 9.21 Å². The zero-order valence-corrected chi connectivity index (χ0v) is 12.6. The molecule has 0 bridgehead atoms. The summed E-state index contributed by atoms with van der Waals surface area (Å²) in [6.07, 6.45) is 3.72. The van der Waals surface area contributed by atoms with E-state index in [1.165, 1.54) is 11.1 Å². The van der Waals surface area contributed by atoms with Crippen molar-refractivity contribution in [1.82, 2.24) is 9.80 Å². The third-order valence-electron chi connectivity index (χ3n) is 4.86. The van der Waals surface area contributed by atoms with Gasteiger partial charge in [-0.1, -0.05) is 24.3 Å². The zero-order valence-electron chi connectivity index (χ0n) is 12.6. The highest BCUT2D eigenvalue weighted by molar-refractivity contribution is 5.91. The van der Waals surface area contributed by atoms with Crippen LogP contribution in [0.5, 0.6) is 0 Å². The van der Waals surface area contributed by atoms with E-state index in [2.05, 4.69) is 29.2 Å². The number of carbonyl (C=O) groups excluding carboxylic acids is 1. The van der Waals surface area contributed by atoms with Gasteiger partial charge < -0.3 is 9.32 Å². The Morgan fingerprint density at radius 1 is 1.09 bits per heavy atom. The average molecular weight is 296 g/mol. The second kappa shape index (κ2) is 5.61. The van der Waals surface area contributed by atoms with E-state index >= 15 is 0 Å². The molecular weight excluding hydrogens is 276 g/mol. The Bertz CT molecular complexity index is 665. The van der Waals surface area contributed by atoms with Crippen molar-refractivity contribution in [3.63, 3.8) is 0 Å². The van der Waals surface area contributed by atoms with Crippen molar-refractivity contribution in [3.05, 3.63) is 59.5 Å². The number of rotatable bonds is 2. The number of furan rings is 1. The highest BCUT2D eigenvalue weighted by Crippen LogP contribution is 2.25. The molecule has 3 heterocycles. The quantitative estimate of drug-likeness (QED) is 0.854. The van der Waals surface area contributed by atoms with Crippen LogP contribution in [0.15, 0.2) is 47.1 Å². The van der Waals surface area contributed by atoms with Crippen LogP contribution in [0.4, 0.5) is 0 Å². The molecule has 0 aliphatic carbocycles. The number of carbonyl (C=O) groups is 1. The Morgan fingerprint density at radius 3 is 2.77 bits per heavy atom. The molecule has 1 aromatic heterocycles. The van der Waals surface area contributed by atoms with Gasteiger partial charge in [0.1, 0.15) is 0 Å². The van der Waals surface area contributed by atoms with Crippen LogP contribution in [0, 0.1) is 0 Å². The van der Waals surface area contributed by atoms with Gasteiger partial charge in [0.05, 0.1) is 6.26 Å². The summed E-state index contributed by atoms with van der Waals surface area (Å²) in [6.45, 7) is 3.72. The van der Waals surface area contributed by atoms with E-state index in [1.54, 1.807) is 18.4 Å². The molecule has 4 nitrogen and oxygen atoms in total. The number of nitrogens with zero attached hydrogens (tertiary/aromatic N) is 2. The minimum Gasteiger partial charge on any atom is -0.459 e. The van der Waals surface area contributed by atoms with Crippen molar-refractivity contribution in [2.24, 2.45) is 0 Å². The largest absolute Gasteiger partial charge is 0.459 e. The van der Waals surface area contributed by atoms with E-state index in [0.29, 0.717) is 11.8 Å². The summed E-state index contributed by atoms with van der Waals surface area (Å²) >= 11 is 0. The number of amides is 1. The standard InChI is InChI=1S/C18H20N2O2/c21-18(17-6-3-11-22-17)20-10-8-16(13-20)19-9-7-14-4-1-2-5-15(14)12-19/h1-6,11,16H,7-10,12-13H2/t16-/m0/s1. The third kappa shape index (κ3) is 2.44. The van der Waals surface area contributed by atoms with Gasteiger partial charge in [0.15, 0.2) is 5.76 Å². The molecule has 0 spiro atoms. The lowest BCUT2D eigenvalue weighted by molar-refractivity contribution is 0.0742. The molecule has 0 unspecified atom stereocenters. The topological polar surface area (TPSA) is 36.7 Å². The molecule has 1 aromatic carbocycles. The number of hydrogen-bond donors (Lipinski definition) is 0. The first-order valence-corrected chi connectivity index (χ1v) is 7.95. The van der Waals surface area contributed by atoms with E-state index in [1.807, 2.05) is 4.90 Å². The van der Waals surface area contributed by atoms with Gasteiger partial charge in [0.2, 0.25) is 0 Å². The van der Waals surface area contributed by atoms with Crippen LogP contribution >= 0.6 is 0 Å². The second-order valence-electron chi connectivity index (χ2n) is 6.16. The van der Waals surface area contributed by atoms with Crippen LogP contribution in [-0.2, 0) is 13.0 Å². The number of likely N-dealkylation sites (tertiary alicyclic amines) is 1. The molecule has 0 N–H and O–H groups in total. The summed E-state index contributed by atoms with van der Waals surface area (Å²) < 4.78 is 5.23. The minimum atomic E-state index is 0.0184. The summed E-state index contributed by atoms with van der Waals surface area (Å²) in [5.41, 5.74) is 2.91. The molecule has 1 atom stereocenters. The van der Waals surface area contributed by atoms with Gasteiger partial charge in [0.25, 0.3) is 5.91 Å². The highest BCUT2D eigenvalue weighted by atomic mass is 16.3. The van der Waals surface area contributed by atoms with Crippen molar-refractivity contribution in [1.29, 1.82) is 0 Å². The maximum atomic E-state index is 12.3. The second-order valence-corrected chi connectivity index (χ2v) is 6.16. The summed E-state index contributed by atoms with van der Waals surface area (Å²) in [7, 11) is 0. The minimum absolute atomic E-state index is 0.0184. The molecule has 1 fully saturated rings. The maximum Gasteiger partial charge on any atom is 0.289 e. The SMILES string of the molecule is O=C(c1ccco1)N1CC[C@H](N2CCc3ccccc3C2)C1. The van der Waals surface area contributed by atoms with Crippen LogP contribution in [0.2, 0.25) is 0 Å². The summed E-state index contributed by atoms with van der Waals surface area (Å²) in [4.78, 5) is 16.8. The zero-order chi connectivity index (χ0) is 14.9. The van der Waals surface area contributed by atoms with Gasteiger partial charge in [-0.2, -0.15) is 0 Å². The summed E-state index contributed by atoms with van der Waals surface area (Å²) in [6, 6.07) is 12.7. The van der Waals surface area contributed by atoms with Crippen molar-refractivity contribution in [2.45, 2.75) is 25.4 Å². The average Bonchev–Trinajstić information content (AvgIpc) is 3.25. The van der Waals surface area contributed by atoms with Crippen molar-refractivity contribution in [2.75, 3.05) is 19.6 Å². The van der Waals surface area contributed by atoms with Crippen LogP contribution in [0.3, 0.4) is 0 Å². The highest BCUT2D eigenvalue weighted by Gasteiger charge is 2.32. The molecule has 2 aliphatic heterocycles. The Hall–Kier alpha value is -2.07. The molecule has 2 aromatic rings. The van der Waals surface area contributed by atoms with E-state index in [4.69, 9.17) is 4.42 Å². The fourth-order valence-corrected chi connectivity index (χ4v) is 3.61. The van der Waals surface area contributed by atoms with Gasteiger partial charge in [-0.3, -0.25) is 9.69 Å². The van der Waals surface area contributed by atoms with Crippen LogP contribution in [0.1, 0.15) is 28.1 Å². The Balaban J connectivity index is 1.42. The molecule has 1 amide bonds. The molecule has 0 radical (unpaired) electrons. The molecule has 1 saturated heterocycles. The monoisotopic (exact) mass is 296 g/mol. The molecule has 22 heavy (non-hydrogen) atoms. The van der Waals surface area contributed by atoms with Gasteiger partial charge in [-0.05, 0) is 36.1 Å². The molecule has 2 aliphatic rings. The normalized spacial score (nSPS) is 21.8. The summed E-state index contributed by atoms with van der Waals surface area (Å²) in [5, 5.41) is 0. The predicted molar refractivity (Wildman–Crippen MR) is 83.6 cm³/mol. The first-order valence-electron chi connectivity index (χ1n) is 7.95. The van der Waals surface area contributed by atoms with E-state index in [9.17, 15) is 4.79 Å². The number of fused-ring (bicyclic) bond motifs is 1. The van der Waals surface area contributed by atoms with Gasteiger partial charge in [-0.15, -0.1) is 0 Å². The maximum absolute atomic E-state index is 12.3. The smallest absolute Gasteiger partial charge is 0.289 e. The van der Waals surface area contributed by atoms with Gasteiger partial charge in [0, 0.05) is 32.2 Å². The Morgan fingerprint density at radius 2 is 1.95 bits per heavy atom. The lowest BCUT2D eigenvalue weighted by Crippen LogP contribution is -2.41. The van der Waals surface area contributed by atoms with E-state index in [0.717, 1.165) is 39.0 Å². The van der Waals surface area contributed by atoms with E-state index in [-0.39, 0.29) is 5.91 Å².